The van der Waals surface area contributed by atoms with E-state index < -0.39 is 0 Å². The van der Waals surface area contributed by atoms with Gasteiger partial charge in [0.15, 0.2) is 0 Å². The van der Waals surface area contributed by atoms with Gasteiger partial charge in [0.25, 0.3) is 0 Å². The van der Waals surface area contributed by atoms with Crippen LogP contribution in [-0.2, 0) is 34.0 Å². The molecule has 2 N–H and O–H groups in total. The summed E-state index contributed by atoms with van der Waals surface area (Å²) in [6, 6.07) is 18.0. The highest BCUT2D eigenvalue weighted by Gasteiger charge is 2.25. The summed E-state index contributed by atoms with van der Waals surface area (Å²) in [7, 11) is 3.85. The molecule has 3 aromatic carbocycles. The first-order valence-corrected chi connectivity index (χ1v) is 14.6. The first-order chi connectivity index (χ1) is 19.0. The average molecular weight is 665 g/mol. The van der Waals surface area contributed by atoms with E-state index in [0.29, 0.717) is 19.8 Å². The summed E-state index contributed by atoms with van der Waals surface area (Å²) in [4.78, 5) is 0. The van der Waals surface area contributed by atoms with E-state index in [1.54, 1.807) is 0 Å². The van der Waals surface area contributed by atoms with Crippen LogP contribution >= 0.6 is 59.6 Å². The second kappa shape index (κ2) is 17.9. The second-order valence-electron chi connectivity index (χ2n) is 9.73. The Morgan fingerprint density at radius 1 is 0.610 bits per heavy atom. The molecule has 6 rings (SSSR count). The van der Waals surface area contributed by atoms with Crippen LogP contribution in [0.4, 0.5) is 0 Å². The molecule has 0 amide bonds. The van der Waals surface area contributed by atoms with Crippen molar-refractivity contribution >= 4 is 59.6 Å². The van der Waals surface area contributed by atoms with Crippen LogP contribution in [0.15, 0.2) is 54.6 Å². The Hall–Kier alpha value is -1.09. The van der Waals surface area contributed by atoms with Gasteiger partial charge >= 0.3 is 0 Å². The first-order valence-electron chi connectivity index (χ1n) is 13.4. The Morgan fingerprint density at radius 2 is 0.951 bits per heavy atom. The standard InChI is InChI=1S/C11H13ClO.2C10H12ClNO.2ClH/c1-2-4-11-8-5-3-6-10(12)9(8)7-13-11;2*1-12-5-10-7-3-2-4-9(11)8(7)6-13-10;;/h3,5-6,11H,2,4,7H2,1H3;2*2-4,10,12H,5-6H2,1H3;2*1H/t;2*10-;;/m.10../s1. The smallest absolute Gasteiger partial charge is 0.0957 e. The lowest BCUT2D eigenvalue weighted by atomic mass is 10.0. The van der Waals surface area contributed by atoms with E-state index in [1.807, 2.05) is 50.5 Å². The second-order valence-corrected chi connectivity index (χ2v) is 10.9. The lowest BCUT2D eigenvalue weighted by molar-refractivity contribution is 0.0596. The van der Waals surface area contributed by atoms with Crippen molar-refractivity contribution in [1.29, 1.82) is 0 Å². The number of likely N-dealkylation sites (N-methyl/N-ethyl adjacent to an activating group) is 2. The van der Waals surface area contributed by atoms with Crippen molar-refractivity contribution in [2.75, 3.05) is 27.2 Å². The van der Waals surface area contributed by atoms with E-state index >= 15 is 0 Å². The molecular formula is C31H39Cl5N2O3. The van der Waals surface area contributed by atoms with Crippen LogP contribution in [0.2, 0.25) is 15.1 Å². The van der Waals surface area contributed by atoms with E-state index in [1.165, 1.54) is 22.3 Å². The molecule has 0 spiro atoms. The Kier molecular flexibility index (Phi) is 15.8. The molecule has 10 heteroatoms. The van der Waals surface area contributed by atoms with Crippen molar-refractivity contribution in [3.63, 3.8) is 0 Å². The molecule has 3 aromatic rings. The summed E-state index contributed by atoms with van der Waals surface area (Å²) >= 11 is 18.1. The van der Waals surface area contributed by atoms with Crippen molar-refractivity contribution in [3.05, 3.63) is 103 Å². The predicted molar refractivity (Wildman–Crippen MR) is 174 cm³/mol. The van der Waals surface area contributed by atoms with Crippen LogP contribution in [-0.4, -0.2) is 27.2 Å². The molecule has 0 aromatic heterocycles. The molecule has 3 aliphatic rings. The van der Waals surface area contributed by atoms with Crippen LogP contribution in [0.3, 0.4) is 0 Å². The Labute approximate surface area is 271 Å². The monoisotopic (exact) mass is 662 g/mol. The van der Waals surface area contributed by atoms with Crippen LogP contribution in [0.1, 0.15) is 71.5 Å². The summed E-state index contributed by atoms with van der Waals surface area (Å²) in [5, 5.41) is 8.68. The molecule has 3 atom stereocenters. The fourth-order valence-electron chi connectivity index (χ4n) is 5.12. The summed E-state index contributed by atoms with van der Waals surface area (Å²) in [6.07, 6.45) is 2.85. The van der Waals surface area contributed by atoms with Gasteiger partial charge in [-0.05, 0) is 55.4 Å². The van der Waals surface area contributed by atoms with E-state index in [-0.39, 0.29) is 43.1 Å². The predicted octanol–water partition coefficient (Wildman–Crippen LogP) is 8.82. The van der Waals surface area contributed by atoms with Gasteiger partial charge in [0.1, 0.15) is 0 Å². The maximum Gasteiger partial charge on any atom is 0.0957 e. The number of halogens is 5. The van der Waals surface area contributed by atoms with Gasteiger partial charge < -0.3 is 24.8 Å². The summed E-state index contributed by atoms with van der Waals surface area (Å²) in [5.74, 6) is 0. The zero-order valence-electron chi connectivity index (χ0n) is 23.6. The number of benzene rings is 3. The molecule has 0 saturated heterocycles. The fraction of sp³-hybridized carbons (Fsp3) is 0.419. The zero-order chi connectivity index (χ0) is 27.8. The molecule has 0 radical (unpaired) electrons. The van der Waals surface area contributed by atoms with Crippen molar-refractivity contribution < 1.29 is 14.2 Å². The van der Waals surface area contributed by atoms with Crippen molar-refractivity contribution in [1.82, 2.24) is 10.6 Å². The number of nitrogens with one attached hydrogen (secondary N) is 2. The van der Waals surface area contributed by atoms with Gasteiger partial charge in [0, 0.05) is 44.8 Å². The minimum atomic E-state index is 0. The summed E-state index contributed by atoms with van der Waals surface area (Å²) < 4.78 is 16.9. The molecule has 0 aliphatic carbocycles. The topological polar surface area (TPSA) is 51.8 Å². The number of fused-ring (bicyclic) bond motifs is 3. The van der Waals surface area contributed by atoms with Gasteiger partial charge in [-0.2, -0.15) is 0 Å². The van der Waals surface area contributed by atoms with Gasteiger partial charge in [-0.25, -0.2) is 0 Å². The van der Waals surface area contributed by atoms with Gasteiger partial charge in [-0.15, -0.1) is 24.8 Å². The molecule has 0 fully saturated rings. The third-order valence-corrected chi connectivity index (χ3v) is 8.18. The SMILES string of the molecule is CCCC1OCc2c(Cl)cccc21.CNC[C@@H]1OCc2c(Cl)cccc21.CNC[C@H]1OCc2c(Cl)cccc21.Cl.Cl. The minimum absolute atomic E-state index is 0. The Balaban J connectivity index is 0.000000210. The maximum absolute atomic E-state index is 6.06. The molecule has 0 bridgehead atoms. The summed E-state index contributed by atoms with van der Waals surface area (Å²) in [6.45, 7) is 5.81. The number of hydrogen-bond acceptors (Lipinski definition) is 5. The van der Waals surface area contributed by atoms with Crippen LogP contribution in [0.5, 0.6) is 0 Å². The average Bonchev–Trinajstić information content (AvgIpc) is 3.66. The summed E-state index contributed by atoms with van der Waals surface area (Å²) in [5.41, 5.74) is 7.20. The number of ether oxygens (including phenoxy) is 3. The highest BCUT2D eigenvalue weighted by atomic mass is 35.5. The molecule has 3 heterocycles. The lowest BCUT2D eigenvalue weighted by Crippen LogP contribution is -2.16. The van der Waals surface area contributed by atoms with Crippen molar-refractivity contribution in [3.8, 4) is 0 Å². The van der Waals surface area contributed by atoms with Crippen molar-refractivity contribution in [2.24, 2.45) is 0 Å². The van der Waals surface area contributed by atoms with Crippen LogP contribution in [0, 0.1) is 0 Å². The van der Waals surface area contributed by atoms with Crippen molar-refractivity contribution in [2.45, 2.75) is 57.9 Å². The largest absolute Gasteiger partial charge is 0.369 e. The molecular weight excluding hydrogens is 626 g/mol. The Bertz CT molecular complexity index is 1100. The molecule has 226 valence electrons. The molecule has 1 unspecified atom stereocenters. The van der Waals surface area contributed by atoms with E-state index in [9.17, 15) is 0 Å². The van der Waals surface area contributed by atoms with Gasteiger partial charge in [0.05, 0.1) is 38.1 Å². The normalized spacial score (nSPS) is 19.3. The maximum atomic E-state index is 6.06. The van der Waals surface area contributed by atoms with E-state index in [2.05, 4.69) is 35.8 Å². The molecule has 0 saturated carbocycles. The quantitative estimate of drug-likeness (QED) is 0.276. The third kappa shape index (κ3) is 8.96. The molecule has 3 aliphatic heterocycles. The minimum Gasteiger partial charge on any atom is -0.369 e. The molecule has 41 heavy (non-hydrogen) atoms. The third-order valence-electron chi connectivity index (χ3n) is 7.12. The first kappa shape index (κ1) is 36.1. The van der Waals surface area contributed by atoms with E-state index in [4.69, 9.17) is 49.0 Å². The highest BCUT2D eigenvalue weighted by Crippen LogP contribution is 2.37. The highest BCUT2D eigenvalue weighted by molar-refractivity contribution is 6.32. The van der Waals surface area contributed by atoms with Crippen LogP contribution < -0.4 is 10.6 Å². The van der Waals surface area contributed by atoms with E-state index in [0.717, 1.165) is 52.1 Å². The number of rotatable bonds is 6. The fourth-order valence-corrected chi connectivity index (χ4v) is 5.83. The van der Waals surface area contributed by atoms with Gasteiger partial charge in [-0.1, -0.05) is 84.5 Å². The lowest BCUT2D eigenvalue weighted by Gasteiger charge is -2.09. The van der Waals surface area contributed by atoms with Gasteiger partial charge in [0.2, 0.25) is 0 Å². The van der Waals surface area contributed by atoms with Gasteiger partial charge in [-0.3, -0.25) is 0 Å². The zero-order valence-corrected chi connectivity index (χ0v) is 27.5. The van der Waals surface area contributed by atoms with Crippen LogP contribution in [0.25, 0.3) is 0 Å². The Morgan fingerprint density at radius 3 is 1.29 bits per heavy atom. The molecule has 5 nitrogen and oxygen atoms in total. The number of hydrogen-bond donors (Lipinski definition) is 2.